The maximum Gasteiger partial charge on any atom is 0.255 e. The van der Waals surface area contributed by atoms with Gasteiger partial charge in [0.1, 0.15) is 5.82 Å². The number of hydrogen-bond donors (Lipinski definition) is 1. The average Bonchev–Trinajstić information content (AvgIpc) is 2.43. The van der Waals surface area contributed by atoms with Gasteiger partial charge in [-0.15, -0.1) is 0 Å². The predicted octanol–water partition coefficient (Wildman–Crippen LogP) is 3.26. The fraction of sp³-hybridized carbons (Fsp3) is 0.0667. The van der Waals surface area contributed by atoms with Gasteiger partial charge in [0.15, 0.2) is 0 Å². The lowest BCUT2D eigenvalue weighted by Gasteiger charge is -2.08. The van der Waals surface area contributed by atoms with Gasteiger partial charge in [-0.3, -0.25) is 4.79 Å². The monoisotopic (exact) mass is 254 g/mol. The summed E-state index contributed by atoms with van der Waals surface area (Å²) in [4.78, 5) is 12.0. The van der Waals surface area contributed by atoms with Gasteiger partial charge in [-0.2, -0.15) is 5.26 Å². The molecule has 0 unspecified atom stereocenters. The Labute approximate surface area is 110 Å². The van der Waals surface area contributed by atoms with Gasteiger partial charge in [0.25, 0.3) is 5.91 Å². The Morgan fingerprint density at radius 3 is 2.79 bits per heavy atom. The standard InChI is InChI=1S/C15H11FN2O/c1-10-5-6-13(16)8-14(10)18-15(19)12-4-2-3-11(7-12)9-17/h2-8H,1H3,(H,18,19). The number of halogens is 1. The van der Waals surface area contributed by atoms with Crippen molar-refractivity contribution in [3.8, 4) is 6.07 Å². The summed E-state index contributed by atoms with van der Waals surface area (Å²) in [7, 11) is 0. The van der Waals surface area contributed by atoms with Gasteiger partial charge in [-0.25, -0.2) is 4.39 Å². The topological polar surface area (TPSA) is 52.9 Å². The summed E-state index contributed by atoms with van der Waals surface area (Å²) in [5.74, 6) is -0.780. The maximum absolute atomic E-state index is 13.1. The lowest BCUT2D eigenvalue weighted by molar-refractivity contribution is 0.102. The molecule has 1 N–H and O–H groups in total. The molecule has 0 aliphatic rings. The van der Waals surface area contributed by atoms with Crippen LogP contribution in [0.15, 0.2) is 42.5 Å². The summed E-state index contributed by atoms with van der Waals surface area (Å²) >= 11 is 0. The molecule has 2 aromatic carbocycles. The van der Waals surface area contributed by atoms with Crippen molar-refractivity contribution in [1.82, 2.24) is 0 Å². The summed E-state index contributed by atoms with van der Waals surface area (Å²) in [6.07, 6.45) is 0. The summed E-state index contributed by atoms with van der Waals surface area (Å²) in [6, 6.07) is 12.5. The quantitative estimate of drug-likeness (QED) is 0.894. The van der Waals surface area contributed by atoms with E-state index in [9.17, 15) is 9.18 Å². The first-order valence-electron chi connectivity index (χ1n) is 5.68. The van der Waals surface area contributed by atoms with E-state index in [1.807, 2.05) is 6.07 Å². The van der Waals surface area contributed by atoms with Gasteiger partial charge >= 0.3 is 0 Å². The molecular weight excluding hydrogens is 243 g/mol. The van der Waals surface area contributed by atoms with Gasteiger partial charge in [0.05, 0.1) is 11.6 Å². The Morgan fingerprint density at radius 2 is 2.05 bits per heavy atom. The third kappa shape index (κ3) is 2.96. The number of carbonyl (C=O) groups is 1. The normalized spacial score (nSPS) is 9.74. The zero-order valence-electron chi connectivity index (χ0n) is 10.3. The number of aryl methyl sites for hydroxylation is 1. The first-order valence-corrected chi connectivity index (χ1v) is 5.68. The highest BCUT2D eigenvalue weighted by molar-refractivity contribution is 6.04. The molecule has 0 saturated heterocycles. The number of nitriles is 1. The Balaban J connectivity index is 2.26. The van der Waals surface area contributed by atoms with Crippen LogP contribution in [0.25, 0.3) is 0 Å². The summed E-state index contributed by atoms with van der Waals surface area (Å²) in [5, 5.41) is 11.4. The number of rotatable bonds is 2. The molecular formula is C15H11FN2O. The van der Waals surface area contributed by atoms with Crippen molar-refractivity contribution in [1.29, 1.82) is 5.26 Å². The molecule has 2 aromatic rings. The van der Waals surface area contributed by atoms with E-state index in [0.29, 0.717) is 16.8 Å². The fourth-order valence-corrected chi connectivity index (χ4v) is 1.65. The van der Waals surface area contributed by atoms with E-state index >= 15 is 0 Å². The zero-order valence-corrected chi connectivity index (χ0v) is 10.3. The van der Waals surface area contributed by atoms with Gasteiger partial charge in [-0.05, 0) is 42.8 Å². The summed E-state index contributed by atoms with van der Waals surface area (Å²) < 4.78 is 13.1. The lowest BCUT2D eigenvalue weighted by Crippen LogP contribution is -2.13. The van der Waals surface area contributed by atoms with Gasteiger partial charge in [0, 0.05) is 11.3 Å². The van der Waals surface area contributed by atoms with Gasteiger partial charge in [-0.1, -0.05) is 12.1 Å². The minimum absolute atomic E-state index is 0.364. The van der Waals surface area contributed by atoms with Crippen LogP contribution in [0.2, 0.25) is 0 Å². The van der Waals surface area contributed by atoms with Crippen LogP contribution in [0.4, 0.5) is 10.1 Å². The third-order valence-corrected chi connectivity index (χ3v) is 2.70. The molecule has 19 heavy (non-hydrogen) atoms. The van der Waals surface area contributed by atoms with Crippen LogP contribution in [0.1, 0.15) is 21.5 Å². The van der Waals surface area contributed by atoms with Crippen molar-refractivity contribution in [2.24, 2.45) is 0 Å². The highest BCUT2D eigenvalue weighted by atomic mass is 19.1. The number of benzene rings is 2. The van der Waals surface area contributed by atoms with Crippen LogP contribution in [0.5, 0.6) is 0 Å². The predicted molar refractivity (Wildman–Crippen MR) is 70.2 cm³/mol. The van der Waals surface area contributed by atoms with Crippen molar-refractivity contribution in [3.05, 3.63) is 65.0 Å². The Kier molecular flexibility index (Phi) is 3.58. The number of carbonyl (C=O) groups excluding carboxylic acids is 1. The second kappa shape index (κ2) is 5.32. The molecule has 0 fully saturated rings. The Bertz CT molecular complexity index is 674. The molecule has 3 nitrogen and oxygen atoms in total. The average molecular weight is 254 g/mol. The molecule has 0 saturated carbocycles. The molecule has 0 aliphatic carbocycles. The van der Waals surface area contributed by atoms with Gasteiger partial charge < -0.3 is 5.32 Å². The van der Waals surface area contributed by atoms with Crippen LogP contribution >= 0.6 is 0 Å². The first-order chi connectivity index (χ1) is 9.10. The summed E-state index contributed by atoms with van der Waals surface area (Å²) in [6.45, 7) is 1.78. The molecule has 0 bridgehead atoms. The third-order valence-electron chi connectivity index (χ3n) is 2.70. The number of nitrogens with zero attached hydrogens (tertiary/aromatic N) is 1. The highest BCUT2D eigenvalue weighted by Crippen LogP contribution is 2.17. The molecule has 0 aliphatic heterocycles. The largest absolute Gasteiger partial charge is 0.322 e. The molecule has 2 rings (SSSR count). The maximum atomic E-state index is 13.1. The zero-order chi connectivity index (χ0) is 13.8. The second-order valence-electron chi connectivity index (χ2n) is 4.11. The van der Waals surface area contributed by atoms with E-state index in [1.54, 1.807) is 31.2 Å². The van der Waals surface area contributed by atoms with E-state index in [2.05, 4.69) is 5.32 Å². The fourth-order valence-electron chi connectivity index (χ4n) is 1.65. The lowest BCUT2D eigenvalue weighted by atomic mass is 10.1. The Morgan fingerprint density at radius 1 is 1.26 bits per heavy atom. The van der Waals surface area contributed by atoms with E-state index in [0.717, 1.165) is 5.56 Å². The van der Waals surface area contributed by atoms with E-state index in [4.69, 9.17) is 5.26 Å². The van der Waals surface area contributed by atoms with Gasteiger partial charge in [0.2, 0.25) is 0 Å². The minimum atomic E-state index is -0.410. The number of anilines is 1. The highest BCUT2D eigenvalue weighted by Gasteiger charge is 2.09. The molecule has 0 heterocycles. The SMILES string of the molecule is Cc1ccc(F)cc1NC(=O)c1cccc(C#N)c1. The van der Waals surface area contributed by atoms with E-state index < -0.39 is 5.82 Å². The first kappa shape index (κ1) is 12.8. The van der Waals surface area contributed by atoms with Crippen molar-refractivity contribution in [3.63, 3.8) is 0 Å². The van der Waals surface area contributed by atoms with Crippen LogP contribution in [-0.2, 0) is 0 Å². The summed E-state index contributed by atoms with van der Waals surface area (Å²) in [5.41, 5.74) is 1.96. The Hall–Kier alpha value is -2.67. The molecule has 94 valence electrons. The molecule has 1 amide bonds. The van der Waals surface area contributed by atoms with Crippen molar-refractivity contribution in [2.75, 3.05) is 5.32 Å². The molecule has 0 atom stereocenters. The van der Waals surface area contributed by atoms with E-state index in [1.165, 1.54) is 18.2 Å². The minimum Gasteiger partial charge on any atom is -0.322 e. The van der Waals surface area contributed by atoms with Crippen molar-refractivity contribution < 1.29 is 9.18 Å². The van der Waals surface area contributed by atoms with E-state index in [-0.39, 0.29) is 5.91 Å². The van der Waals surface area contributed by atoms with Crippen molar-refractivity contribution in [2.45, 2.75) is 6.92 Å². The van der Waals surface area contributed by atoms with Crippen LogP contribution < -0.4 is 5.32 Å². The van der Waals surface area contributed by atoms with Crippen LogP contribution in [0.3, 0.4) is 0 Å². The van der Waals surface area contributed by atoms with Crippen molar-refractivity contribution >= 4 is 11.6 Å². The number of amides is 1. The molecule has 0 aromatic heterocycles. The van der Waals surface area contributed by atoms with Crippen LogP contribution in [-0.4, -0.2) is 5.91 Å². The molecule has 0 spiro atoms. The second-order valence-corrected chi connectivity index (χ2v) is 4.11. The van der Waals surface area contributed by atoms with Crippen LogP contribution in [0, 0.1) is 24.1 Å². The molecule has 4 heteroatoms. The number of hydrogen-bond acceptors (Lipinski definition) is 2. The molecule has 0 radical (unpaired) electrons. The smallest absolute Gasteiger partial charge is 0.255 e. The number of nitrogens with one attached hydrogen (secondary N) is 1.